The topological polar surface area (TPSA) is 53.1 Å². The van der Waals surface area contributed by atoms with Gasteiger partial charge in [-0.05, 0) is 25.5 Å². The van der Waals surface area contributed by atoms with Gasteiger partial charge in [-0.1, -0.05) is 19.1 Å². The van der Waals surface area contributed by atoms with Gasteiger partial charge in [-0.2, -0.15) is 5.10 Å². The molecule has 0 fully saturated rings. The van der Waals surface area contributed by atoms with E-state index in [0.29, 0.717) is 13.2 Å². The fourth-order valence-electron chi connectivity index (χ4n) is 1.80. The molecule has 4 heteroatoms. The molecule has 0 aliphatic rings. The highest BCUT2D eigenvalue weighted by atomic mass is 16.5. The molecule has 96 valence electrons. The van der Waals surface area contributed by atoms with Crippen LogP contribution in [0.1, 0.15) is 24.6 Å². The van der Waals surface area contributed by atoms with Crippen molar-refractivity contribution >= 4 is 0 Å². The van der Waals surface area contributed by atoms with E-state index >= 15 is 0 Å². The first-order valence-electron chi connectivity index (χ1n) is 6.23. The Kier molecular flexibility index (Phi) is 3.99. The number of ether oxygens (including phenoxy) is 1. The number of benzene rings is 1. The first kappa shape index (κ1) is 12.6. The van der Waals surface area contributed by atoms with Crippen LogP contribution in [-0.2, 0) is 6.54 Å². The fourth-order valence-corrected chi connectivity index (χ4v) is 1.80. The zero-order valence-corrected chi connectivity index (χ0v) is 10.9. The molecule has 1 aromatic heterocycles. The van der Waals surface area contributed by atoms with Gasteiger partial charge in [-0.3, -0.25) is 0 Å². The average Bonchev–Trinajstić information content (AvgIpc) is 2.78. The summed E-state index contributed by atoms with van der Waals surface area (Å²) >= 11 is 0. The Labute approximate surface area is 107 Å². The molecule has 0 saturated heterocycles. The zero-order valence-electron chi connectivity index (χ0n) is 10.9. The maximum absolute atomic E-state index is 5.73. The summed E-state index contributed by atoms with van der Waals surface area (Å²) < 4.78 is 7.57. The van der Waals surface area contributed by atoms with Gasteiger partial charge in [0.1, 0.15) is 11.4 Å². The summed E-state index contributed by atoms with van der Waals surface area (Å²) in [5, 5.41) is 4.48. The summed E-state index contributed by atoms with van der Waals surface area (Å²) in [5.74, 6) is 0.852. The molecule has 0 amide bonds. The third kappa shape index (κ3) is 2.54. The van der Waals surface area contributed by atoms with Crippen LogP contribution in [0.25, 0.3) is 5.69 Å². The maximum Gasteiger partial charge on any atom is 0.144 e. The highest BCUT2D eigenvalue weighted by molar-refractivity contribution is 5.46. The zero-order chi connectivity index (χ0) is 13.0. The predicted molar refractivity (Wildman–Crippen MR) is 72.0 cm³/mol. The summed E-state index contributed by atoms with van der Waals surface area (Å²) in [6.45, 7) is 5.27. The quantitative estimate of drug-likeness (QED) is 0.880. The van der Waals surface area contributed by atoms with Crippen LogP contribution in [0, 0.1) is 6.92 Å². The third-order valence-corrected chi connectivity index (χ3v) is 2.79. The summed E-state index contributed by atoms with van der Waals surface area (Å²) in [6, 6.07) is 7.91. The molecule has 0 aliphatic carbocycles. The lowest BCUT2D eigenvalue weighted by Gasteiger charge is -2.10. The fraction of sp³-hybridized carbons (Fsp3) is 0.357. The van der Waals surface area contributed by atoms with Crippen molar-refractivity contribution in [3.8, 4) is 11.4 Å². The van der Waals surface area contributed by atoms with Gasteiger partial charge in [-0.25, -0.2) is 4.68 Å². The Morgan fingerprint density at radius 1 is 1.33 bits per heavy atom. The molecule has 0 bridgehead atoms. The van der Waals surface area contributed by atoms with Gasteiger partial charge in [0.25, 0.3) is 0 Å². The van der Waals surface area contributed by atoms with Crippen molar-refractivity contribution in [3.05, 3.63) is 41.7 Å². The predicted octanol–water partition coefficient (Wildman–Crippen LogP) is 2.43. The minimum atomic E-state index is 0.504. The van der Waals surface area contributed by atoms with Crippen LogP contribution >= 0.6 is 0 Å². The molecule has 2 N–H and O–H groups in total. The highest BCUT2D eigenvalue weighted by Crippen LogP contribution is 2.23. The van der Waals surface area contributed by atoms with E-state index in [-0.39, 0.29) is 0 Å². The first-order chi connectivity index (χ1) is 8.76. The van der Waals surface area contributed by atoms with Gasteiger partial charge in [0.05, 0.1) is 12.3 Å². The summed E-state index contributed by atoms with van der Waals surface area (Å²) in [5.41, 5.74) is 8.65. The van der Waals surface area contributed by atoms with E-state index in [4.69, 9.17) is 10.5 Å². The van der Waals surface area contributed by atoms with Crippen molar-refractivity contribution in [1.29, 1.82) is 0 Å². The number of aryl methyl sites for hydroxylation is 1. The number of hydrogen-bond acceptors (Lipinski definition) is 3. The van der Waals surface area contributed by atoms with Crippen LogP contribution in [0.2, 0.25) is 0 Å². The molecule has 0 saturated carbocycles. The van der Waals surface area contributed by atoms with Gasteiger partial charge in [0.15, 0.2) is 0 Å². The number of hydrogen-bond donors (Lipinski definition) is 1. The normalized spacial score (nSPS) is 10.6. The van der Waals surface area contributed by atoms with Gasteiger partial charge in [-0.15, -0.1) is 0 Å². The summed E-state index contributed by atoms with van der Waals surface area (Å²) in [7, 11) is 0. The van der Waals surface area contributed by atoms with Crippen LogP contribution in [0.3, 0.4) is 0 Å². The van der Waals surface area contributed by atoms with E-state index in [9.17, 15) is 0 Å². The second-order valence-corrected chi connectivity index (χ2v) is 4.20. The van der Waals surface area contributed by atoms with Crippen LogP contribution in [0.15, 0.2) is 30.5 Å². The van der Waals surface area contributed by atoms with Gasteiger partial charge in [0.2, 0.25) is 0 Å². The first-order valence-corrected chi connectivity index (χ1v) is 6.23. The monoisotopic (exact) mass is 245 g/mol. The van der Waals surface area contributed by atoms with Crippen LogP contribution in [0.4, 0.5) is 0 Å². The number of para-hydroxylation sites is 2. The number of nitrogens with two attached hydrogens (primary N) is 1. The molecule has 0 atom stereocenters. The average molecular weight is 245 g/mol. The molecule has 0 radical (unpaired) electrons. The Morgan fingerprint density at radius 2 is 2.11 bits per heavy atom. The molecular weight excluding hydrogens is 226 g/mol. The van der Waals surface area contributed by atoms with Crippen LogP contribution in [-0.4, -0.2) is 16.4 Å². The summed E-state index contributed by atoms with van der Waals surface area (Å²) in [6.07, 6.45) is 2.95. The van der Waals surface area contributed by atoms with E-state index in [1.54, 1.807) is 0 Å². The Balaban J connectivity index is 2.36. The van der Waals surface area contributed by atoms with E-state index in [2.05, 4.69) is 12.0 Å². The van der Waals surface area contributed by atoms with Crippen molar-refractivity contribution in [2.24, 2.45) is 5.73 Å². The van der Waals surface area contributed by atoms with Crippen LogP contribution in [0.5, 0.6) is 5.75 Å². The lowest BCUT2D eigenvalue weighted by atomic mass is 10.2. The molecular formula is C14H19N3O. The molecule has 0 spiro atoms. The molecule has 4 nitrogen and oxygen atoms in total. The lowest BCUT2D eigenvalue weighted by Crippen LogP contribution is -2.02. The van der Waals surface area contributed by atoms with Crippen molar-refractivity contribution in [3.63, 3.8) is 0 Å². The third-order valence-electron chi connectivity index (χ3n) is 2.79. The van der Waals surface area contributed by atoms with Crippen LogP contribution < -0.4 is 10.5 Å². The SMILES string of the molecule is CCCOc1ccccc1-n1cc(CN)c(C)n1. The largest absolute Gasteiger partial charge is 0.491 e. The maximum atomic E-state index is 5.73. The van der Waals surface area contributed by atoms with Gasteiger partial charge in [0, 0.05) is 18.3 Å². The van der Waals surface area contributed by atoms with E-state index in [1.165, 1.54) is 0 Å². The van der Waals surface area contributed by atoms with Crippen molar-refractivity contribution in [2.75, 3.05) is 6.61 Å². The van der Waals surface area contributed by atoms with E-state index in [0.717, 1.165) is 29.1 Å². The molecule has 0 unspecified atom stereocenters. The molecule has 1 heterocycles. The molecule has 2 aromatic rings. The smallest absolute Gasteiger partial charge is 0.144 e. The number of aromatic nitrogens is 2. The molecule has 2 rings (SSSR count). The van der Waals surface area contributed by atoms with E-state index < -0.39 is 0 Å². The standard InChI is InChI=1S/C14H19N3O/c1-3-8-18-14-7-5-4-6-13(14)17-10-12(9-15)11(2)16-17/h4-7,10H,3,8-9,15H2,1-2H3. The Bertz CT molecular complexity index is 520. The second kappa shape index (κ2) is 5.69. The van der Waals surface area contributed by atoms with Crippen molar-refractivity contribution < 1.29 is 4.74 Å². The Morgan fingerprint density at radius 3 is 2.78 bits per heavy atom. The number of nitrogens with zero attached hydrogens (tertiary/aromatic N) is 2. The van der Waals surface area contributed by atoms with Gasteiger partial charge < -0.3 is 10.5 Å². The van der Waals surface area contributed by atoms with Gasteiger partial charge >= 0.3 is 0 Å². The minimum absolute atomic E-state index is 0.504. The highest BCUT2D eigenvalue weighted by Gasteiger charge is 2.09. The van der Waals surface area contributed by atoms with Crippen molar-refractivity contribution in [1.82, 2.24) is 9.78 Å². The molecule has 18 heavy (non-hydrogen) atoms. The van der Waals surface area contributed by atoms with E-state index in [1.807, 2.05) is 42.1 Å². The Hall–Kier alpha value is -1.81. The molecule has 1 aromatic carbocycles. The lowest BCUT2D eigenvalue weighted by molar-refractivity contribution is 0.316. The molecule has 0 aliphatic heterocycles. The number of rotatable bonds is 5. The van der Waals surface area contributed by atoms with Crippen molar-refractivity contribution in [2.45, 2.75) is 26.8 Å². The minimum Gasteiger partial charge on any atom is -0.491 e. The summed E-state index contributed by atoms with van der Waals surface area (Å²) in [4.78, 5) is 0. The second-order valence-electron chi connectivity index (χ2n) is 4.20.